The third-order valence-corrected chi connectivity index (χ3v) is 3.74. The third-order valence-electron chi connectivity index (χ3n) is 3.74. The molecular weight excluding hydrogens is 316 g/mol. The predicted molar refractivity (Wildman–Crippen MR) is 94.2 cm³/mol. The molecule has 0 spiro atoms. The van der Waals surface area contributed by atoms with Crippen LogP contribution < -0.4 is 4.74 Å². The number of benzene rings is 2. The Morgan fingerprint density at radius 1 is 1.04 bits per heavy atom. The highest BCUT2D eigenvalue weighted by atomic mass is 16.5. The van der Waals surface area contributed by atoms with Crippen molar-refractivity contribution in [3.05, 3.63) is 78.2 Å². The Morgan fingerprint density at radius 3 is 2.60 bits per heavy atom. The van der Waals surface area contributed by atoms with Crippen LogP contribution in [0.2, 0.25) is 0 Å². The van der Waals surface area contributed by atoms with Crippen molar-refractivity contribution in [3.8, 4) is 17.0 Å². The van der Waals surface area contributed by atoms with Crippen molar-refractivity contribution in [2.24, 2.45) is 0 Å². The molecule has 5 heteroatoms. The van der Waals surface area contributed by atoms with Gasteiger partial charge in [-0.3, -0.25) is 14.8 Å². The maximum absolute atomic E-state index is 10.6. The van der Waals surface area contributed by atoms with Crippen molar-refractivity contribution >= 4 is 5.97 Å². The zero-order valence-corrected chi connectivity index (χ0v) is 13.6. The van der Waals surface area contributed by atoms with Crippen LogP contribution in [0.1, 0.15) is 17.5 Å². The summed E-state index contributed by atoms with van der Waals surface area (Å²) in [5.41, 5.74) is 3.85. The lowest BCUT2D eigenvalue weighted by molar-refractivity contribution is -0.136. The second kappa shape index (κ2) is 8.06. The van der Waals surface area contributed by atoms with Gasteiger partial charge in [-0.1, -0.05) is 30.3 Å². The van der Waals surface area contributed by atoms with E-state index in [1.807, 2.05) is 48.5 Å². The summed E-state index contributed by atoms with van der Waals surface area (Å²) in [6.07, 6.45) is 5.71. The van der Waals surface area contributed by atoms with Gasteiger partial charge in [-0.2, -0.15) is 0 Å². The van der Waals surface area contributed by atoms with Crippen molar-refractivity contribution in [3.63, 3.8) is 0 Å². The number of carboxylic acid groups (broad SMARTS) is 1. The molecule has 0 bridgehead atoms. The van der Waals surface area contributed by atoms with Gasteiger partial charge in [0.1, 0.15) is 12.4 Å². The highest BCUT2D eigenvalue weighted by molar-refractivity contribution is 5.67. The van der Waals surface area contributed by atoms with Crippen LogP contribution in [0, 0.1) is 0 Å². The van der Waals surface area contributed by atoms with Crippen LogP contribution in [0.4, 0.5) is 0 Å². The summed E-state index contributed by atoms with van der Waals surface area (Å²) in [7, 11) is 0. The minimum absolute atomic E-state index is 0.134. The second-order valence-electron chi connectivity index (χ2n) is 5.62. The Hall–Kier alpha value is -3.21. The molecule has 0 fully saturated rings. The van der Waals surface area contributed by atoms with Crippen LogP contribution in [0.5, 0.6) is 5.75 Å². The number of ether oxygens (including phenoxy) is 1. The number of aliphatic carboxylic acids is 1. The Kier molecular flexibility index (Phi) is 5.36. The van der Waals surface area contributed by atoms with Crippen molar-refractivity contribution in [1.82, 2.24) is 9.97 Å². The van der Waals surface area contributed by atoms with Crippen LogP contribution in [-0.2, 0) is 17.8 Å². The summed E-state index contributed by atoms with van der Waals surface area (Å²) < 4.78 is 5.81. The average molecular weight is 334 g/mol. The zero-order chi connectivity index (χ0) is 17.5. The first-order valence-corrected chi connectivity index (χ1v) is 7.99. The largest absolute Gasteiger partial charge is 0.489 e. The second-order valence-corrected chi connectivity index (χ2v) is 5.62. The maximum atomic E-state index is 10.6. The molecule has 5 nitrogen and oxygen atoms in total. The molecule has 0 radical (unpaired) electrons. The summed E-state index contributed by atoms with van der Waals surface area (Å²) in [6.45, 7) is 0.447. The SMILES string of the molecule is O=C(O)CCc1ccc(OCc2cccc(-c3cnccn3)c2)cc1. The minimum Gasteiger partial charge on any atom is -0.489 e. The molecule has 1 aromatic heterocycles. The number of rotatable bonds is 7. The van der Waals surface area contributed by atoms with E-state index in [2.05, 4.69) is 9.97 Å². The highest BCUT2D eigenvalue weighted by Crippen LogP contribution is 2.19. The van der Waals surface area contributed by atoms with E-state index in [9.17, 15) is 4.79 Å². The number of aromatic nitrogens is 2. The lowest BCUT2D eigenvalue weighted by Crippen LogP contribution is -1.98. The van der Waals surface area contributed by atoms with Gasteiger partial charge in [0.15, 0.2) is 0 Å². The molecule has 0 aliphatic heterocycles. The van der Waals surface area contributed by atoms with Gasteiger partial charge in [0.25, 0.3) is 0 Å². The highest BCUT2D eigenvalue weighted by Gasteiger charge is 2.03. The molecule has 3 aromatic rings. The first kappa shape index (κ1) is 16.6. The lowest BCUT2D eigenvalue weighted by Gasteiger charge is -2.08. The van der Waals surface area contributed by atoms with E-state index in [4.69, 9.17) is 9.84 Å². The maximum Gasteiger partial charge on any atom is 0.303 e. The molecule has 0 atom stereocenters. The predicted octanol–water partition coefficient (Wildman–Crippen LogP) is 3.74. The minimum atomic E-state index is -0.789. The quantitative estimate of drug-likeness (QED) is 0.712. The Balaban J connectivity index is 1.61. The lowest BCUT2D eigenvalue weighted by atomic mass is 10.1. The average Bonchev–Trinajstić information content (AvgIpc) is 2.66. The first-order valence-electron chi connectivity index (χ1n) is 7.99. The number of hydrogen-bond donors (Lipinski definition) is 1. The van der Waals surface area contributed by atoms with Gasteiger partial charge < -0.3 is 9.84 Å². The van der Waals surface area contributed by atoms with Crippen molar-refractivity contribution in [2.45, 2.75) is 19.4 Å². The van der Waals surface area contributed by atoms with Gasteiger partial charge in [0.2, 0.25) is 0 Å². The summed E-state index contributed by atoms with van der Waals surface area (Å²) in [4.78, 5) is 19.0. The number of carboxylic acids is 1. The monoisotopic (exact) mass is 334 g/mol. The van der Waals surface area contributed by atoms with E-state index < -0.39 is 5.97 Å². The van der Waals surface area contributed by atoms with E-state index in [1.54, 1.807) is 18.6 Å². The molecular formula is C20H18N2O3. The molecule has 2 aromatic carbocycles. The molecule has 0 aliphatic carbocycles. The topological polar surface area (TPSA) is 72.3 Å². The van der Waals surface area contributed by atoms with E-state index in [0.717, 1.165) is 28.1 Å². The summed E-state index contributed by atoms with van der Waals surface area (Å²) in [5.74, 6) is -0.0349. The molecule has 1 N–H and O–H groups in total. The van der Waals surface area contributed by atoms with Crippen LogP contribution in [0.3, 0.4) is 0 Å². The fraction of sp³-hybridized carbons (Fsp3) is 0.150. The van der Waals surface area contributed by atoms with Gasteiger partial charge in [-0.05, 0) is 35.7 Å². The van der Waals surface area contributed by atoms with Gasteiger partial charge in [-0.25, -0.2) is 0 Å². The Labute approximate surface area is 146 Å². The fourth-order valence-electron chi connectivity index (χ4n) is 2.44. The number of aryl methyl sites for hydroxylation is 1. The molecule has 0 saturated carbocycles. The van der Waals surface area contributed by atoms with E-state index in [1.165, 1.54) is 0 Å². The van der Waals surface area contributed by atoms with E-state index in [0.29, 0.717) is 13.0 Å². The normalized spacial score (nSPS) is 10.4. The first-order chi connectivity index (χ1) is 12.2. The molecule has 3 rings (SSSR count). The van der Waals surface area contributed by atoms with E-state index >= 15 is 0 Å². The molecule has 0 amide bonds. The van der Waals surface area contributed by atoms with Gasteiger partial charge in [0, 0.05) is 24.4 Å². The van der Waals surface area contributed by atoms with Crippen LogP contribution >= 0.6 is 0 Å². The van der Waals surface area contributed by atoms with Crippen LogP contribution in [0.25, 0.3) is 11.3 Å². The van der Waals surface area contributed by atoms with E-state index in [-0.39, 0.29) is 6.42 Å². The summed E-state index contributed by atoms with van der Waals surface area (Å²) in [5, 5.41) is 8.71. The van der Waals surface area contributed by atoms with Crippen molar-refractivity contribution < 1.29 is 14.6 Å². The Morgan fingerprint density at radius 2 is 1.88 bits per heavy atom. The summed E-state index contributed by atoms with van der Waals surface area (Å²) >= 11 is 0. The molecule has 0 saturated heterocycles. The van der Waals surface area contributed by atoms with Crippen molar-refractivity contribution in [2.75, 3.05) is 0 Å². The fourth-order valence-corrected chi connectivity index (χ4v) is 2.44. The van der Waals surface area contributed by atoms with Gasteiger partial charge in [-0.15, -0.1) is 0 Å². The zero-order valence-electron chi connectivity index (χ0n) is 13.6. The number of carbonyl (C=O) groups is 1. The molecule has 126 valence electrons. The molecule has 25 heavy (non-hydrogen) atoms. The molecule has 0 aliphatic rings. The Bertz CT molecular complexity index is 833. The smallest absolute Gasteiger partial charge is 0.303 e. The molecule has 0 unspecified atom stereocenters. The summed E-state index contributed by atoms with van der Waals surface area (Å²) in [6, 6.07) is 15.5. The standard InChI is InChI=1S/C20H18N2O3/c23-20(24)9-6-15-4-7-18(8-5-15)25-14-16-2-1-3-17(12-16)19-13-21-10-11-22-19/h1-5,7-8,10-13H,6,9,14H2,(H,23,24). The number of nitrogens with zero attached hydrogens (tertiary/aromatic N) is 2. The van der Waals surface area contributed by atoms with Gasteiger partial charge in [0.05, 0.1) is 11.9 Å². The third kappa shape index (κ3) is 4.88. The van der Waals surface area contributed by atoms with Crippen molar-refractivity contribution in [1.29, 1.82) is 0 Å². The van der Waals surface area contributed by atoms with Gasteiger partial charge >= 0.3 is 5.97 Å². The number of hydrogen-bond acceptors (Lipinski definition) is 4. The van der Waals surface area contributed by atoms with Crippen LogP contribution in [0.15, 0.2) is 67.1 Å². The van der Waals surface area contributed by atoms with Crippen LogP contribution in [-0.4, -0.2) is 21.0 Å². The molecule has 1 heterocycles.